The molecule has 0 atom stereocenters. The monoisotopic (exact) mass is 212 g/mol. The Morgan fingerprint density at radius 2 is 2.57 bits per heavy atom. The van der Waals surface area contributed by atoms with Crippen molar-refractivity contribution in [3.8, 4) is 0 Å². The third-order valence-electron chi connectivity index (χ3n) is 2.17. The molecule has 1 aliphatic heterocycles. The van der Waals surface area contributed by atoms with Gasteiger partial charge in [-0.2, -0.15) is 0 Å². The first-order valence-corrected chi connectivity index (χ1v) is 5.36. The number of carbonyl (C=O) groups excluding carboxylic acids is 1. The molecular weight excluding hydrogens is 200 g/mol. The fraction of sp³-hybridized carbons (Fsp3) is 0.556. The molecule has 0 amide bonds. The van der Waals surface area contributed by atoms with E-state index in [-0.39, 0.29) is 5.97 Å². The molecule has 4 nitrogen and oxygen atoms in total. The maximum atomic E-state index is 11.0. The van der Waals surface area contributed by atoms with Crippen molar-refractivity contribution in [3.05, 3.63) is 15.6 Å². The van der Waals surface area contributed by atoms with Crippen LogP contribution in [-0.4, -0.2) is 24.6 Å². The van der Waals surface area contributed by atoms with E-state index in [1.54, 1.807) is 11.3 Å². The number of carbonyl (C=O) groups is 1. The van der Waals surface area contributed by atoms with E-state index in [2.05, 4.69) is 15.0 Å². The van der Waals surface area contributed by atoms with Crippen molar-refractivity contribution >= 4 is 17.3 Å². The van der Waals surface area contributed by atoms with Crippen molar-refractivity contribution in [2.24, 2.45) is 0 Å². The van der Waals surface area contributed by atoms with Crippen LogP contribution in [0.15, 0.2) is 0 Å². The standard InChI is InChI=1S/C9H12N2O2S/c1-13-9(12)4-8-11-6-2-3-10-5-7(6)14-8/h10H,2-5H2,1H3. The first-order valence-electron chi connectivity index (χ1n) is 4.54. The predicted octanol–water partition coefficient (Wildman–Crippen LogP) is 0.504. The molecule has 0 saturated carbocycles. The van der Waals surface area contributed by atoms with Crippen LogP contribution in [0, 0.1) is 0 Å². The van der Waals surface area contributed by atoms with Crippen LogP contribution in [-0.2, 0) is 28.9 Å². The minimum Gasteiger partial charge on any atom is -0.469 e. The zero-order valence-electron chi connectivity index (χ0n) is 8.00. The topological polar surface area (TPSA) is 51.2 Å². The molecule has 2 heterocycles. The summed E-state index contributed by atoms with van der Waals surface area (Å²) in [6, 6.07) is 0. The summed E-state index contributed by atoms with van der Waals surface area (Å²) in [5.41, 5.74) is 1.15. The van der Waals surface area contributed by atoms with Gasteiger partial charge in [0.05, 0.1) is 19.2 Å². The summed E-state index contributed by atoms with van der Waals surface area (Å²) in [5, 5.41) is 4.14. The average Bonchev–Trinajstić information content (AvgIpc) is 2.59. The molecule has 0 aliphatic carbocycles. The van der Waals surface area contributed by atoms with Gasteiger partial charge in [-0.05, 0) is 0 Å². The molecule has 1 N–H and O–H groups in total. The van der Waals surface area contributed by atoms with Crippen LogP contribution in [0.5, 0.6) is 0 Å². The van der Waals surface area contributed by atoms with E-state index >= 15 is 0 Å². The van der Waals surface area contributed by atoms with Crippen LogP contribution in [0.25, 0.3) is 0 Å². The zero-order chi connectivity index (χ0) is 9.97. The number of ether oxygens (including phenoxy) is 1. The number of hydrogen-bond donors (Lipinski definition) is 1. The van der Waals surface area contributed by atoms with Gasteiger partial charge in [-0.15, -0.1) is 11.3 Å². The smallest absolute Gasteiger partial charge is 0.312 e. The number of nitrogens with one attached hydrogen (secondary N) is 1. The van der Waals surface area contributed by atoms with Gasteiger partial charge in [-0.25, -0.2) is 4.98 Å². The lowest BCUT2D eigenvalue weighted by atomic mass is 10.2. The highest BCUT2D eigenvalue weighted by molar-refractivity contribution is 7.11. The number of fused-ring (bicyclic) bond motifs is 1. The van der Waals surface area contributed by atoms with Gasteiger partial charge in [0, 0.05) is 24.4 Å². The summed E-state index contributed by atoms with van der Waals surface area (Å²) < 4.78 is 4.60. The molecule has 2 rings (SSSR count). The maximum Gasteiger partial charge on any atom is 0.312 e. The first kappa shape index (κ1) is 9.61. The normalized spacial score (nSPS) is 14.9. The average molecular weight is 212 g/mol. The Kier molecular flexibility index (Phi) is 2.79. The number of methoxy groups -OCH3 is 1. The SMILES string of the molecule is COC(=O)Cc1nc2c(s1)CNCC2. The van der Waals surface area contributed by atoms with Gasteiger partial charge in [-0.1, -0.05) is 0 Å². The van der Waals surface area contributed by atoms with E-state index in [4.69, 9.17) is 0 Å². The fourth-order valence-electron chi connectivity index (χ4n) is 1.45. The summed E-state index contributed by atoms with van der Waals surface area (Å²) >= 11 is 1.60. The van der Waals surface area contributed by atoms with Gasteiger partial charge in [0.15, 0.2) is 0 Å². The van der Waals surface area contributed by atoms with Crippen LogP contribution in [0.3, 0.4) is 0 Å². The fourth-order valence-corrected chi connectivity index (χ4v) is 2.52. The summed E-state index contributed by atoms with van der Waals surface area (Å²) in [4.78, 5) is 16.7. The number of thiazole rings is 1. The Bertz CT molecular complexity index is 325. The van der Waals surface area contributed by atoms with Crippen molar-refractivity contribution in [2.75, 3.05) is 13.7 Å². The van der Waals surface area contributed by atoms with Crippen LogP contribution < -0.4 is 5.32 Å². The third kappa shape index (κ3) is 1.93. The lowest BCUT2D eigenvalue weighted by molar-refractivity contribution is -0.139. The quantitative estimate of drug-likeness (QED) is 0.725. The Morgan fingerprint density at radius 1 is 1.71 bits per heavy atom. The van der Waals surface area contributed by atoms with Gasteiger partial charge >= 0.3 is 5.97 Å². The Hall–Kier alpha value is -0.940. The van der Waals surface area contributed by atoms with Gasteiger partial charge in [0.1, 0.15) is 5.01 Å². The molecule has 0 fully saturated rings. The molecule has 0 spiro atoms. The van der Waals surface area contributed by atoms with Crippen molar-refractivity contribution in [2.45, 2.75) is 19.4 Å². The Balaban J connectivity index is 2.12. The molecule has 14 heavy (non-hydrogen) atoms. The van der Waals surface area contributed by atoms with Crippen molar-refractivity contribution < 1.29 is 9.53 Å². The van der Waals surface area contributed by atoms with Crippen LogP contribution in [0.4, 0.5) is 0 Å². The van der Waals surface area contributed by atoms with E-state index < -0.39 is 0 Å². The van der Waals surface area contributed by atoms with E-state index in [0.717, 1.165) is 30.2 Å². The number of aromatic nitrogens is 1. The summed E-state index contributed by atoms with van der Waals surface area (Å²) in [7, 11) is 1.40. The van der Waals surface area contributed by atoms with Crippen LogP contribution in [0.2, 0.25) is 0 Å². The maximum absolute atomic E-state index is 11.0. The third-order valence-corrected chi connectivity index (χ3v) is 3.27. The molecule has 0 bridgehead atoms. The largest absolute Gasteiger partial charge is 0.469 e. The molecule has 0 aromatic carbocycles. The number of hydrogen-bond acceptors (Lipinski definition) is 5. The number of rotatable bonds is 2. The van der Waals surface area contributed by atoms with Gasteiger partial charge in [0.2, 0.25) is 0 Å². The molecule has 76 valence electrons. The summed E-state index contributed by atoms with van der Waals surface area (Å²) in [5.74, 6) is -0.218. The first-order chi connectivity index (χ1) is 6.79. The minimum absolute atomic E-state index is 0.218. The molecule has 0 saturated heterocycles. The molecular formula is C9H12N2O2S. The van der Waals surface area contributed by atoms with Gasteiger partial charge < -0.3 is 10.1 Å². The second kappa shape index (κ2) is 4.06. The molecule has 1 aliphatic rings. The lowest BCUT2D eigenvalue weighted by Crippen LogP contribution is -2.22. The van der Waals surface area contributed by atoms with Gasteiger partial charge in [-0.3, -0.25) is 4.79 Å². The number of esters is 1. The summed E-state index contributed by atoms with van der Waals surface area (Å²) in [6.45, 7) is 1.86. The van der Waals surface area contributed by atoms with Gasteiger partial charge in [0.25, 0.3) is 0 Å². The van der Waals surface area contributed by atoms with Crippen LogP contribution in [0.1, 0.15) is 15.6 Å². The predicted molar refractivity (Wildman–Crippen MR) is 53.2 cm³/mol. The van der Waals surface area contributed by atoms with Crippen molar-refractivity contribution in [1.82, 2.24) is 10.3 Å². The molecule has 0 unspecified atom stereocenters. The number of nitrogens with zero attached hydrogens (tertiary/aromatic N) is 1. The van der Waals surface area contributed by atoms with E-state index in [1.165, 1.54) is 12.0 Å². The van der Waals surface area contributed by atoms with Crippen molar-refractivity contribution in [1.29, 1.82) is 0 Å². The summed E-state index contributed by atoms with van der Waals surface area (Å²) in [6.07, 6.45) is 1.27. The second-order valence-corrected chi connectivity index (χ2v) is 4.33. The molecule has 1 aromatic rings. The highest BCUT2D eigenvalue weighted by Gasteiger charge is 2.16. The minimum atomic E-state index is -0.218. The zero-order valence-corrected chi connectivity index (χ0v) is 8.82. The van der Waals surface area contributed by atoms with Crippen molar-refractivity contribution in [3.63, 3.8) is 0 Å². The Labute approximate surface area is 86.3 Å². The highest BCUT2D eigenvalue weighted by Crippen LogP contribution is 2.21. The molecule has 5 heteroatoms. The van der Waals surface area contributed by atoms with Crippen LogP contribution >= 0.6 is 11.3 Å². The lowest BCUT2D eigenvalue weighted by Gasteiger charge is -2.09. The van der Waals surface area contributed by atoms with E-state index in [9.17, 15) is 4.79 Å². The van der Waals surface area contributed by atoms with E-state index in [0.29, 0.717) is 6.42 Å². The molecule has 1 aromatic heterocycles. The molecule has 0 radical (unpaired) electrons. The second-order valence-electron chi connectivity index (χ2n) is 3.16. The highest BCUT2D eigenvalue weighted by atomic mass is 32.1. The Morgan fingerprint density at radius 3 is 3.29 bits per heavy atom. The van der Waals surface area contributed by atoms with E-state index in [1.807, 2.05) is 0 Å².